The van der Waals surface area contributed by atoms with Crippen LogP contribution in [-0.2, 0) is 14.3 Å². The number of carbonyl (C=O) groups is 2. The van der Waals surface area contributed by atoms with Gasteiger partial charge in [-0.1, -0.05) is 12.1 Å². The molecule has 2 aliphatic heterocycles. The number of carbonyl (C=O) groups excluding carboxylic acids is 1. The van der Waals surface area contributed by atoms with E-state index < -0.39 is 17.8 Å². The summed E-state index contributed by atoms with van der Waals surface area (Å²) in [6, 6.07) is 6.18. The Bertz CT molecular complexity index is 923. The highest BCUT2D eigenvalue weighted by molar-refractivity contribution is 7.16. The number of anilines is 1. The van der Waals surface area contributed by atoms with Gasteiger partial charge in [-0.25, -0.2) is 4.98 Å². The summed E-state index contributed by atoms with van der Waals surface area (Å²) in [5.41, 5.74) is 4.27. The van der Waals surface area contributed by atoms with Crippen LogP contribution in [-0.4, -0.2) is 34.2 Å². The van der Waals surface area contributed by atoms with Crippen LogP contribution < -0.4 is 5.32 Å². The summed E-state index contributed by atoms with van der Waals surface area (Å²) in [7, 11) is 0. The van der Waals surface area contributed by atoms with Gasteiger partial charge in [0, 0.05) is 10.4 Å². The highest BCUT2D eigenvalue weighted by Gasteiger charge is 2.55. The van der Waals surface area contributed by atoms with Crippen molar-refractivity contribution in [3.8, 4) is 11.3 Å². The van der Waals surface area contributed by atoms with Crippen molar-refractivity contribution < 1.29 is 19.4 Å². The third-order valence-corrected chi connectivity index (χ3v) is 6.55. The van der Waals surface area contributed by atoms with Gasteiger partial charge in [-0.2, -0.15) is 0 Å². The lowest BCUT2D eigenvalue weighted by molar-refractivity contribution is -0.147. The Morgan fingerprint density at radius 3 is 2.52 bits per heavy atom. The number of ether oxygens (including phenoxy) is 1. The smallest absolute Gasteiger partial charge is 0.310 e. The van der Waals surface area contributed by atoms with Gasteiger partial charge in [0.25, 0.3) is 0 Å². The normalized spacial score (nSPS) is 26.3. The average Bonchev–Trinajstić information content (AvgIpc) is 3.31. The second kappa shape index (κ2) is 6.73. The molecule has 7 heteroatoms. The number of fused-ring (bicyclic) bond motifs is 2. The zero-order valence-corrected chi connectivity index (χ0v) is 16.3. The summed E-state index contributed by atoms with van der Waals surface area (Å²) in [5.74, 6) is -2.71. The van der Waals surface area contributed by atoms with Gasteiger partial charge in [-0.3, -0.25) is 9.59 Å². The first kappa shape index (κ1) is 18.1. The van der Waals surface area contributed by atoms with E-state index in [9.17, 15) is 14.7 Å². The molecule has 4 atom stereocenters. The first-order valence-electron chi connectivity index (χ1n) is 9.09. The summed E-state index contributed by atoms with van der Waals surface area (Å²) in [5, 5.41) is 12.8. The highest BCUT2D eigenvalue weighted by Crippen LogP contribution is 2.44. The molecule has 2 bridgehead atoms. The largest absolute Gasteiger partial charge is 0.481 e. The van der Waals surface area contributed by atoms with E-state index in [4.69, 9.17) is 4.74 Å². The van der Waals surface area contributed by atoms with E-state index in [1.807, 2.05) is 13.0 Å². The number of nitrogens with zero attached hydrogens (tertiary/aromatic N) is 1. The fourth-order valence-electron chi connectivity index (χ4n) is 4.12. The quantitative estimate of drug-likeness (QED) is 0.839. The number of carboxylic acid groups (broad SMARTS) is 1. The molecule has 27 heavy (non-hydrogen) atoms. The minimum atomic E-state index is -0.964. The highest BCUT2D eigenvalue weighted by atomic mass is 32.1. The van der Waals surface area contributed by atoms with Gasteiger partial charge < -0.3 is 15.2 Å². The minimum Gasteiger partial charge on any atom is -0.481 e. The molecule has 1 aromatic carbocycles. The summed E-state index contributed by atoms with van der Waals surface area (Å²) in [6.07, 6.45) is 0.777. The summed E-state index contributed by atoms with van der Waals surface area (Å²) in [6.45, 7) is 6.10. The van der Waals surface area contributed by atoms with Gasteiger partial charge in [-0.15, -0.1) is 11.3 Å². The maximum atomic E-state index is 12.8. The molecular weight excluding hydrogens is 364 g/mol. The topological polar surface area (TPSA) is 88.5 Å². The number of carboxylic acids is 1. The van der Waals surface area contributed by atoms with Crippen LogP contribution in [0.2, 0.25) is 0 Å². The fourth-order valence-corrected chi connectivity index (χ4v) is 4.96. The van der Waals surface area contributed by atoms with Crippen molar-refractivity contribution in [2.24, 2.45) is 11.8 Å². The second-order valence-electron chi connectivity index (χ2n) is 7.39. The standard InChI is InChI=1S/C20H22N2O4S/c1-9-4-5-12(8-10(9)2)17-11(3)27-20(21-17)22-18(23)15-13-6-7-14(26-13)16(15)19(24)25/h4-5,8,13-16H,6-7H2,1-3H3,(H,24,25)(H,21,22,23)/t13-,14-,15+,16+/m1/s1. The van der Waals surface area contributed by atoms with E-state index in [2.05, 4.69) is 36.3 Å². The second-order valence-corrected chi connectivity index (χ2v) is 8.60. The van der Waals surface area contributed by atoms with Crippen LogP contribution >= 0.6 is 11.3 Å². The Kier molecular flexibility index (Phi) is 4.52. The van der Waals surface area contributed by atoms with Crippen LogP contribution in [0.4, 0.5) is 5.13 Å². The minimum absolute atomic E-state index is 0.309. The Labute approximate surface area is 161 Å². The molecule has 2 N–H and O–H groups in total. The van der Waals surface area contributed by atoms with E-state index in [1.165, 1.54) is 22.5 Å². The first-order valence-corrected chi connectivity index (χ1v) is 9.91. The lowest BCUT2D eigenvalue weighted by Gasteiger charge is -2.23. The van der Waals surface area contributed by atoms with Crippen LogP contribution in [0.1, 0.15) is 28.8 Å². The molecule has 0 aliphatic carbocycles. The summed E-state index contributed by atoms with van der Waals surface area (Å²) < 4.78 is 5.68. The number of amides is 1. The molecule has 0 saturated carbocycles. The third kappa shape index (κ3) is 3.15. The van der Waals surface area contributed by atoms with Crippen molar-refractivity contribution in [3.05, 3.63) is 34.2 Å². The van der Waals surface area contributed by atoms with Crippen molar-refractivity contribution in [1.29, 1.82) is 0 Å². The molecule has 6 nitrogen and oxygen atoms in total. The third-order valence-electron chi connectivity index (χ3n) is 5.67. The Morgan fingerprint density at radius 2 is 1.85 bits per heavy atom. The van der Waals surface area contributed by atoms with Crippen molar-refractivity contribution in [2.45, 2.75) is 45.8 Å². The summed E-state index contributed by atoms with van der Waals surface area (Å²) in [4.78, 5) is 30.0. The van der Waals surface area contributed by atoms with Crippen molar-refractivity contribution >= 4 is 28.3 Å². The Hall–Kier alpha value is -2.25. The van der Waals surface area contributed by atoms with Crippen LogP contribution in [0, 0.1) is 32.6 Å². The number of benzene rings is 1. The fraction of sp³-hybridized carbons (Fsp3) is 0.450. The summed E-state index contributed by atoms with van der Waals surface area (Å²) >= 11 is 1.40. The predicted molar refractivity (Wildman–Crippen MR) is 103 cm³/mol. The number of hydrogen-bond acceptors (Lipinski definition) is 5. The number of thiazole rings is 1. The number of aryl methyl sites for hydroxylation is 3. The van der Waals surface area contributed by atoms with Crippen LogP contribution in [0.3, 0.4) is 0 Å². The SMILES string of the molecule is Cc1ccc(-c2nc(NC(=O)[C@@H]3[C@@H](C(=O)O)[C@H]4CC[C@H]3O4)sc2C)cc1C. The van der Waals surface area contributed by atoms with Crippen molar-refractivity contribution in [1.82, 2.24) is 4.98 Å². The molecule has 1 aromatic heterocycles. The van der Waals surface area contributed by atoms with Gasteiger partial charge in [0.15, 0.2) is 5.13 Å². The van der Waals surface area contributed by atoms with E-state index in [0.717, 1.165) is 22.6 Å². The van der Waals surface area contributed by atoms with Crippen molar-refractivity contribution in [2.75, 3.05) is 5.32 Å². The van der Waals surface area contributed by atoms with Crippen LogP contribution in [0.25, 0.3) is 11.3 Å². The molecule has 142 valence electrons. The Morgan fingerprint density at radius 1 is 1.15 bits per heavy atom. The predicted octanol–water partition coefficient (Wildman–Crippen LogP) is 3.55. The molecule has 0 unspecified atom stereocenters. The molecular formula is C20H22N2O4S. The molecule has 2 saturated heterocycles. The monoisotopic (exact) mass is 386 g/mol. The van der Waals surface area contributed by atoms with Crippen LogP contribution in [0.5, 0.6) is 0 Å². The van der Waals surface area contributed by atoms with Gasteiger partial charge in [0.2, 0.25) is 5.91 Å². The van der Waals surface area contributed by atoms with Gasteiger partial charge in [0.05, 0.1) is 29.7 Å². The van der Waals surface area contributed by atoms with Gasteiger partial charge >= 0.3 is 5.97 Å². The number of aromatic nitrogens is 1. The molecule has 3 heterocycles. The lowest BCUT2D eigenvalue weighted by atomic mass is 9.79. The average molecular weight is 386 g/mol. The first-order chi connectivity index (χ1) is 12.8. The van der Waals surface area contributed by atoms with E-state index in [-0.39, 0.29) is 18.1 Å². The van der Waals surface area contributed by atoms with E-state index in [0.29, 0.717) is 11.6 Å². The molecule has 2 aliphatic rings. The Balaban J connectivity index is 1.56. The van der Waals surface area contributed by atoms with Crippen molar-refractivity contribution in [3.63, 3.8) is 0 Å². The van der Waals surface area contributed by atoms with Gasteiger partial charge in [0.1, 0.15) is 0 Å². The van der Waals surface area contributed by atoms with E-state index >= 15 is 0 Å². The van der Waals surface area contributed by atoms with Gasteiger partial charge in [-0.05, 0) is 50.8 Å². The maximum absolute atomic E-state index is 12.8. The number of rotatable bonds is 4. The lowest BCUT2D eigenvalue weighted by Crippen LogP contribution is -2.40. The maximum Gasteiger partial charge on any atom is 0.310 e. The zero-order chi connectivity index (χ0) is 19.3. The molecule has 0 radical (unpaired) electrons. The molecule has 0 spiro atoms. The molecule has 2 fully saturated rings. The zero-order valence-electron chi connectivity index (χ0n) is 15.5. The van der Waals surface area contributed by atoms with Crippen LogP contribution in [0.15, 0.2) is 18.2 Å². The molecule has 2 aromatic rings. The van der Waals surface area contributed by atoms with E-state index in [1.54, 1.807) is 0 Å². The number of hydrogen-bond donors (Lipinski definition) is 2. The number of nitrogens with one attached hydrogen (secondary N) is 1. The molecule has 1 amide bonds. The number of aliphatic carboxylic acids is 1. The molecule has 4 rings (SSSR count).